The molecular formula is C49H91NO5. The van der Waals surface area contributed by atoms with Crippen LogP contribution in [0.5, 0.6) is 0 Å². The van der Waals surface area contributed by atoms with Crippen molar-refractivity contribution < 1.29 is 24.5 Å². The maximum atomic E-state index is 13.1. The molecule has 3 atom stereocenters. The van der Waals surface area contributed by atoms with Gasteiger partial charge in [-0.25, -0.2) is 0 Å². The van der Waals surface area contributed by atoms with Crippen molar-refractivity contribution in [2.75, 3.05) is 6.61 Å². The van der Waals surface area contributed by atoms with Crippen molar-refractivity contribution in [3.63, 3.8) is 0 Å². The summed E-state index contributed by atoms with van der Waals surface area (Å²) in [6.45, 7) is 6.35. The zero-order valence-electron chi connectivity index (χ0n) is 36.6. The molecule has 55 heavy (non-hydrogen) atoms. The number of aliphatic hydroxyl groups excluding tert-OH is 2. The maximum Gasteiger partial charge on any atom is 0.306 e. The van der Waals surface area contributed by atoms with Crippen LogP contribution < -0.4 is 5.32 Å². The summed E-state index contributed by atoms with van der Waals surface area (Å²) in [7, 11) is 0. The molecule has 0 heterocycles. The highest BCUT2D eigenvalue weighted by molar-refractivity contribution is 5.77. The van der Waals surface area contributed by atoms with Crippen LogP contribution in [-0.2, 0) is 14.3 Å². The second-order valence-corrected chi connectivity index (χ2v) is 16.1. The van der Waals surface area contributed by atoms with Gasteiger partial charge in [-0.05, 0) is 70.6 Å². The Bertz CT molecular complexity index is 915. The van der Waals surface area contributed by atoms with Gasteiger partial charge < -0.3 is 20.3 Å². The smallest absolute Gasteiger partial charge is 0.306 e. The van der Waals surface area contributed by atoms with Crippen LogP contribution in [-0.4, -0.2) is 46.9 Å². The molecule has 1 amide bonds. The lowest BCUT2D eigenvalue weighted by Gasteiger charge is -2.24. The molecule has 0 saturated heterocycles. The van der Waals surface area contributed by atoms with Crippen LogP contribution in [0.1, 0.15) is 239 Å². The normalized spacial score (nSPS) is 13.6. The van der Waals surface area contributed by atoms with Gasteiger partial charge in [0, 0.05) is 6.42 Å². The number of allylic oxidation sites excluding steroid dienone is 6. The summed E-state index contributed by atoms with van der Waals surface area (Å²) in [5.41, 5.74) is 0. The third-order valence-corrected chi connectivity index (χ3v) is 10.7. The van der Waals surface area contributed by atoms with Gasteiger partial charge in [-0.1, -0.05) is 192 Å². The first-order valence-electron chi connectivity index (χ1n) is 23.7. The first-order valence-corrected chi connectivity index (χ1v) is 23.7. The number of unbranched alkanes of at least 4 members (excludes halogenated alkanes) is 24. The minimum atomic E-state index is -0.792. The lowest BCUT2D eigenvalue weighted by atomic mass is 10.0. The molecule has 322 valence electrons. The van der Waals surface area contributed by atoms with Crippen LogP contribution in [0.2, 0.25) is 0 Å². The lowest BCUT2D eigenvalue weighted by molar-refractivity contribution is -0.151. The minimum Gasteiger partial charge on any atom is -0.462 e. The molecular weight excluding hydrogens is 683 g/mol. The third kappa shape index (κ3) is 38.7. The predicted molar refractivity (Wildman–Crippen MR) is 236 cm³/mol. The molecule has 0 aliphatic rings. The van der Waals surface area contributed by atoms with Crippen LogP contribution in [0.15, 0.2) is 36.5 Å². The van der Waals surface area contributed by atoms with Gasteiger partial charge in [-0.3, -0.25) is 9.59 Å². The molecule has 0 aromatic heterocycles. The van der Waals surface area contributed by atoms with E-state index in [-0.39, 0.29) is 24.9 Å². The van der Waals surface area contributed by atoms with Crippen molar-refractivity contribution in [3.05, 3.63) is 36.5 Å². The number of aliphatic hydroxyl groups is 2. The predicted octanol–water partition coefficient (Wildman–Crippen LogP) is 13.7. The number of rotatable bonds is 42. The Kier molecular flexibility index (Phi) is 41.7. The highest BCUT2D eigenvalue weighted by Crippen LogP contribution is 2.17. The van der Waals surface area contributed by atoms with Crippen LogP contribution in [0, 0.1) is 0 Å². The van der Waals surface area contributed by atoms with E-state index >= 15 is 0 Å². The Balaban J connectivity index is 4.59. The van der Waals surface area contributed by atoms with Crippen LogP contribution >= 0.6 is 0 Å². The molecule has 0 aliphatic heterocycles. The minimum absolute atomic E-state index is 0.0551. The summed E-state index contributed by atoms with van der Waals surface area (Å²) in [5, 5.41) is 23.6. The number of hydrogen-bond acceptors (Lipinski definition) is 5. The zero-order valence-corrected chi connectivity index (χ0v) is 36.6. The molecule has 0 saturated carbocycles. The molecule has 0 aromatic carbocycles. The lowest BCUT2D eigenvalue weighted by Crippen LogP contribution is -2.46. The Hall–Kier alpha value is -1.92. The molecule has 3 unspecified atom stereocenters. The first-order chi connectivity index (χ1) is 27.0. The van der Waals surface area contributed by atoms with Crippen molar-refractivity contribution in [2.45, 2.75) is 257 Å². The second-order valence-electron chi connectivity index (χ2n) is 16.1. The number of amides is 1. The number of carbonyl (C=O) groups is 2. The summed E-state index contributed by atoms with van der Waals surface area (Å²) in [6, 6.07) is -0.707. The number of nitrogens with one attached hydrogen (secondary N) is 1. The van der Waals surface area contributed by atoms with Gasteiger partial charge in [0.1, 0.15) is 6.10 Å². The largest absolute Gasteiger partial charge is 0.462 e. The van der Waals surface area contributed by atoms with E-state index in [0.717, 1.165) is 77.0 Å². The second kappa shape index (κ2) is 43.2. The fourth-order valence-electron chi connectivity index (χ4n) is 7.11. The number of carbonyl (C=O) groups excluding carboxylic acids is 2. The average molecular weight is 774 g/mol. The zero-order chi connectivity index (χ0) is 40.3. The van der Waals surface area contributed by atoms with Crippen molar-refractivity contribution in [2.24, 2.45) is 0 Å². The molecule has 0 spiro atoms. The van der Waals surface area contributed by atoms with Crippen molar-refractivity contribution in [3.8, 4) is 0 Å². The number of ether oxygens (including phenoxy) is 1. The van der Waals surface area contributed by atoms with Crippen molar-refractivity contribution >= 4 is 11.9 Å². The summed E-state index contributed by atoms with van der Waals surface area (Å²) < 4.78 is 5.89. The highest BCUT2D eigenvalue weighted by atomic mass is 16.5. The van der Waals surface area contributed by atoms with Gasteiger partial charge >= 0.3 is 5.97 Å². The van der Waals surface area contributed by atoms with Gasteiger partial charge in [-0.15, -0.1) is 0 Å². The molecule has 0 rings (SSSR count). The van der Waals surface area contributed by atoms with E-state index in [0.29, 0.717) is 19.3 Å². The van der Waals surface area contributed by atoms with Crippen molar-refractivity contribution in [1.29, 1.82) is 0 Å². The Morgan fingerprint density at radius 2 is 1.00 bits per heavy atom. The Labute approximate surface area is 341 Å². The fraction of sp³-hybridized carbons (Fsp3) is 0.837. The van der Waals surface area contributed by atoms with Crippen LogP contribution in [0.4, 0.5) is 0 Å². The van der Waals surface area contributed by atoms with E-state index in [2.05, 4.69) is 62.5 Å². The molecule has 0 fully saturated rings. The SMILES string of the molecule is CC/C=C/C/C=C/CCCCCCCCCC(=O)OC(CCC/C=C\CCCCCCCC)CC(=O)NC(CO)C(O)CCCCCCCCCCCCC. The molecule has 6 heteroatoms. The van der Waals surface area contributed by atoms with Gasteiger partial charge in [0.15, 0.2) is 0 Å². The topological polar surface area (TPSA) is 95.9 Å². The van der Waals surface area contributed by atoms with E-state index in [9.17, 15) is 19.8 Å². The van der Waals surface area contributed by atoms with Crippen molar-refractivity contribution in [1.82, 2.24) is 5.32 Å². The first kappa shape index (κ1) is 53.1. The summed E-state index contributed by atoms with van der Waals surface area (Å²) in [4.78, 5) is 26.0. The highest BCUT2D eigenvalue weighted by Gasteiger charge is 2.24. The van der Waals surface area contributed by atoms with Gasteiger partial charge in [0.25, 0.3) is 0 Å². The van der Waals surface area contributed by atoms with E-state index in [1.54, 1.807) is 0 Å². The molecule has 0 bridgehead atoms. The monoisotopic (exact) mass is 774 g/mol. The van der Waals surface area contributed by atoms with E-state index in [1.165, 1.54) is 116 Å². The summed E-state index contributed by atoms with van der Waals surface area (Å²) >= 11 is 0. The fourth-order valence-corrected chi connectivity index (χ4v) is 7.11. The maximum absolute atomic E-state index is 13.1. The number of esters is 1. The Morgan fingerprint density at radius 3 is 1.53 bits per heavy atom. The van der Waals surface area contributed by atoms with E-state index < -0.39 is 18.2 Å². The molecule has 3 N–H and O–H groups in total. The van der Waals surface area contributed by atoms with Crippen LogP contribution in [0.25, 0.3) is 0 Å². The standard InChI is InChI=1S/C49H91NO5/c1-4-7-10-13-16-19-22-23-24-27-30-33-36-39-42-49(54)55-45(40-37-34-31-28-25-20-17-14-11-8-5-2)43-48(53)50-46(44-51)47(52)41-38-35-32-29-26-21-18-15-12-9-6-3/h7,10,16,19,28,31,45-47,51-52H,4-6,8-9,11-15,17-18,20-27,29-30,32-44H2,1-3H3,(H,50,53)/b10-7+,19-16+,31-28-. The molecule has 0 aromatic rings. The summed E-state index contributed by atoms with van der Waals surface area (Å²) in [5.74, 6) is -0.510. The quantitative estimate of drug-likeness (QED) is 0.0326. The van der Waals surface area contributed by atoms with Crippen LogP contribution in [0.3, 0.4) is 0 Å². The molecule has 6 nitrogen and oxygen atoms in total. The van der Waals surface area contributed by atoms with E-state index in [1.807, 2.05) is 0 Å². The van der Waals surface area contributed by atoms with Gasteiger partial charge in [0.05, 0.1) is 25.2 Å². The van der Waals surface area contributed by atoms with Gasteiger partial charge in [0.2, 0.25) is 5.91 Å². The summed E-state index contributed by atoms with van der Waals surface area (Å²) in [6.07, 6.45) is 49.2. The Morgan fingerprint density at radius 1 is 0.545 bits per heavy atom. The van der Waals surface area contributed by atoms with E-state index in [4.69, 9.17) is 4.74 Å². The third-order valence-electron chi connectivity index (χ3n) is 10.7. The van der Waals surface area contributed by atoms with Gasteiger partial charge in [-0.2, -0.15) is 0 Å². The number of hydrogen-bond donors (Lipinski definition) is 3. The molecule has 0 radical (unpaired) electrons. The molecule has 0 aliphatic carbocycles. The average Bonchev–Trinajstić information content (AvgIpc) is 3.18.